The molecule has 3 rings (SSSR count). The topological polar surface area (TPSA) is 51.2 Å². The van der Waals surface area contributed by atoms with Crippen LogP contribution in [0.1, 0.15) is 0 Å². The number of anilines is 1. The minimum atomic E-state index is 0.853. The molecule has 0 unspecified atom stereocenters. The Bertz CT molecular complexity index is 628. The van der Waals surface area contributed by atoms with Gasteiger partial charge in [-0.3, -0.25) is 5.84 Å². The molecule has 74 valence electrons. The van der Waals surface area contributed by atoms with E-state index in [2.05, 4.69) is 5.43 Å². The lowest BCUT2D eigenvalue weighted by Gasteiger charge is -2.00. The number of nitrogens with two attached hydrogens (primary N) is 1. The number of benzene rings is 2. The zero-order valence-electron chi connectivity index (χ0n) is 8.03. The van der Waals surface area contributed by atoms with Gasteiger partial charge in [-0.15, -0.1) is 0 Å². The summed E-state index contributed by atoms with van der Waals surface area (Å²) in [7, 11) is 0. The van der Waals surface area contributed by atoms with Gasteiger partial charge in [0.2, 0.25) is 0 Å². The van der Waals surface area contributed by atoms with Crippen LogP contribution < -0.4 is 11.3 Å². The third-order valence-electron chi connectivity index (χ3n) is 2.56. The maximum absolute atomic E-state index is 5.70. The van der Waals surface area contributed by atoms with Gasteiger partial charge in [-0.2, -0.15) is 0 Å². The summed E-state index contributed by atoms with van der Waals surface area (Å²) in [5.41, 5.74) is 5.31. The molecule has 3 heteroatoms. The molecule has 0 radical (unpaired) electrons. The predicted molar refractivity (Wildman–Crippen MR) is 61.5 cm³/mol. The van der Waals surface area contributed by atoms with E-state index >= 15 is 0 Å². The highest BCUT2D eigenvalue weighted by Crippen LogP contribution is 2.33. The number of hydrogen-bond acceptors (Lipinski definition) is 3. The monoisotopic (exact) mass is 198 g/mol. The molecule has 0 fully saturated rings. The number of para-hydroxylation sites is 1. The molecule has 1 aromatic heterocycles. The number of nitrogen functional groups attached to an aromatic ring is 1. The lowest BCUT2D eigenvalue weighted by Crippen LogP contribution is -2.06. The zero-order valence-corrected chi connectivity index (χ0v) is 8.03. The van der Waals surface area contributed by atoms with Gasteiger partial charge in [-0.1, -0.05) is 24.3 Å². The number of rotatable bonds is 1. The Morgan fingerprint density at radius 1 is 0.933 bits per heavy atom. The second-order valence-corrected chi connectivity index (χ2v) is 3.42. The Kier molecular flexibility index (Phi) is 1.66. The van der Waals surface area contributed by atoms with Crippen molar-refractivity contribution in [3.8, 4) is 0 Å². The summed E-state index contributed by atoms with van der Waals surface area (Å²) in [5, 5.41) is 2.12. The van der Waals surface area contributed by atoms with Gasteiger partial charge >= 0.3 is 0 Å². The Hall–Kier alpha value is -2.00. The summed E-state index contributed by atoms with van der Waals surface area (Å²) >= 11 is 0. The second-order valence-electron chi connectivity index (χ2n) is 3.42. The molecule has 0 aliphatic rings. The van der Waals surface area contributed by atoms with E-state index in [1.807, 2.05) is 42.5 Å². The molecule has 1 heterocycles. The quantitative estimate of drug-likeness (QED) is 0.467. The van der Waals surface area contributed by atoms with Crippen LogP contribution in [0, 0.1) is 0 Å². The highest BCUT2D eigenvalue weighted by molar-refractivity contribution is 6.11. The summed E-state index contributed by atoms with van der Waals surface area (Å²) in [6, 6.07) is 13.7. The smallest absolute Gasteiger partial charge is 0.137 e. The van der Waals surface area contributed by atoms with Crippen LogP contribution in [0.5, 0.6) is 0 Å². The minimum absolute atomic E-state index is 0.853. The van der Waals surface area contributed by atoms with Crippen molar-refractivity contribution in [1.82, 2.24) is 0 Å². The highest BCUT2D eigenvalue weighted by atomic mass is 16.3. The largest absolute Gasteiger partial charge is 0.456 e. The first kappa shape index (κ1) is 8.32. The van der Waals surface area contributed by atoms with Crippen molar-refractivity contribution < 1.29 is 4.42 Å². The van der Waals surface area contributed by atoms with E-state index in [-0.39, 0.29) is 0 Å². The molecule has 2 aromatic carbocycles. The molecule has 15 heavy (non-hydrogen) atoms. The third-order valence-corrected chi connectivity index (χ3v) is 2.56. The van der Waals surface area contributed by atoms with Crippen LogP contribution >= 0.6 is 0 Å². The Morgan fingerprint density at radius 3 is 2.60 bits per heavy atom. The second kappa shape index (κ2) is 3.00. The van der Waals surface area contributed by atoms with Gasteiger partial charge in [-0.05, 0) is 18.2 Å². The molecule has 3 N–H and O–H groups in total. The molecule has 0 amide bonds. The number of nitrogens with one attached hydrogen (secondary N) is 1. The van der Waals surface area contributed by atoms with Crippen molar-refractivity contribution in [2.45, 2.75) is 0 Å². The first-order valence-electron chi connectivity index (χ1n) is 4.77. The normalized spacial score (nSPS) is 11.0. The SMILES string of the molecule is NNc1cccc2oc3ccccc3c12. The van der Waals surface area contributed by atoms with Crippen molar-refractivity contribution in [3.05, 3.63) is 42.5 Å². The van der Waals surface area contributed by atoms with Gasteiger partial charge in [0.25, 0.3) is 0 Å². The van der Waals surface area contributed by atoms with Crippen molar-refractivity contribution >= 4 is 27.6 Å². The number of fused-ring (bicyclic) bond motifs is 3. The summed E-state index contributed by atoms with van der Waals surface area (Å²) < 4.78 is 5.70. The van der Waals surface area contributed by atoms with Crippen molar-refractivity contribution in [2.75, 3.05) is 5.43 Å². The third kappa shape index (κ3) is 1.10. The van der Waals surface area contributed by atoms with Crippen molar-refractivity contribution in [1.29, 1.82) is 0 Å². The van der Waals surface area contributed by atoms with Gasteiger partial charge in [0, 0.05) is 5.39 Å². The lowest BCUT2D eigenvalue weighted by molar-refractivity contribution is 0.669. The van der Waals surface area contributed by atoms with Gasteiger partial charge in [0.15, 0.2) is 0 Å². The van der Waals surface area contributed by atoms with E-state index in [4.69, 9.17) is 10.3 Å². The molecule has 0 saturated heterocycles. The van der Waals surface area contributed by atoms with Crippen molar-refractivity contribution in [3.63, 3.8) is 0 Å². The van der Waals surface area contributed by atoms with Crippen molar-refractivity contribution in [2.24, 2.45) is 5.84 Å². The average Bonchev–Trinajstić information content (AvgIpc) is 2.67. The Morgan fingerprint density at radius 2 is 1.73 bits per heavy atom. The molecule has 0 saturated carbocycles. The van der Waals surface area contributed by atoms with Crippen LogP contribution in [0.25, 0.3) is 21.9 Å². The van der Waals surface area contributed by atoms with Gasteiger partial charge in [-0.25, -0.2) is 0 Å². The fourth-order valence-corrected chi connectivity index (χ4v) is 1.89. The Labute approximate surface area is 86.4 Å². The molecule has 0 aliphatic heterocycles. The summed E-state index contributed by atoms with van der Waals surface area (Å²) in [6.07, 6.45) is 0. The zero-order chi connectivity index (χ0) is 10.3. The molecule has 3 aromatic rings. The molecule has 0 atom stereocenters. The maximum Gasteiger partial charge on any atom is 0.137 e. The molecular weight excluding hydrogens is 188 g/mol. The molecule has 0 bridgehead atoms. The van der Waals surface area contributed by atoms with Crippen LogP contribution in [0.4, 0.5) is 5.69 Å². The predicted octanol–water partition coefficient (Wildman–Crippen LogP) is 2.87. The number of hydrogen-bond donors (Lipinski definition) is 2. The van der Waals surface area contributed by atoms with E-state index in [0.29, 0.717) is 0 Å². The van der Waals surface area contributed by atoms with E-state index < -0.39 is 0 Å². The van der Waals surface area contributed by atoms with Gasteiger partial charge in [0.1, 0.15) is 11.2 Å². The molecule has 0 spiro atoms. The van der Waals surface area contributed by atoms with E-state index in [9.17, 15) is 0 Å². The van der Waals surface area contributed by atoms with Crippen LogP contribution in [0.3, 0.4) is 0 Å². The maximum atomic E-state index is 5.70. The van der Waals surface area contributed by atoms with E-state index in [1.54, 1.807) is 0 Å². The fourth-order valence-electron chi connectivity index (χ4n) is 1.89. The first-order valence-corrected chi connectivity index (χ1v) is 4.77. The number of hydrazine groups is 1. The van der Waals surface area contributed by atoms with Gasteiger partial charge < -0.3 is 9.84 Å². The highest BCUT2D eigenvalue weighted by Gasteiger charge is 2.08. The molecular formula is C12H10N2O. The van der Waals surface area contributed by atoms with Gasteiger partial charge in [0.05, 0.1) is 11.1 Å². The van der Waals surface area contributed by atoms with Crippen LogP contribution in [0.2, 0.25) is 0 Å². The average molecular weight is 198 g/mol. The van der Waals surface area contributed by atoms with Crippen LogP contribution in [-0.2, 0) is 0 Å². The molecule has 0 aliphatic carbocycles. The van der Waals surface area contributed by atoms with Crippen LogP contribution in [0.15, 0.2) is 46.9 Å². The summed E-state index contributed by atoms with van der Waals surface area (Å²) in [4.78, 5) is 0. The Balaban J connectivity index is 2.56. The summed E-state index contributed by atoms with van der Waals surface area (Å²) in [5.74, 6) is 5.47. The minimum Gasteiger partial charge on any atom is -0.456 e. The summed E-state index contributed by atoms with van der Waals surface area (Å²) in [6.45, 7) is 0. The molecule has 3 nitrogen and oxygen atoms in total. The van der Waals surface area contributed by atoms with Crippen LogP contribution in [-0.4, -0.2) is 0 Å². The number of furan rings is 1. The van der Waals surface area contributed by atoms with E-state index in [0.717, 1.165) is 27.6 Å². The first-order chi connectivity index (χ1) is 7.40. The fraction of sp³-hybridized carbons (Fsp3) is 0. The standard InChI is InChI=1S/C12H10N2O/c13-14-9-5-3-7-11-12(9)8-4-1-2-6-10(8)15-11/h1-7,14H,13H2. The van der Waals surface area contributed by atoms with E-state index in [1.165, 1.54) is 0 Å². The lowest BCUT2D eigenvalue weighted by atomic mass is 10.1.